The molecule has 0 aliphatic rings. The molecule has 120 heavy (non-hydrogen) atoms. The van der Waals surface area contributed by atoms with Gasteiger partial charge in [-0.05, 0) is 159 Å². The number of halogens is 6. The van der Waals surface area contributed by atoms with Crippen LogP contribution in [-0.2, 0) is 0 Å². The summed E-state index contributed by atoms with van der Waals surface area (Å²) in [6.07, 6.45) is 3.96. The lowest BCUT2D eigenvalue weighted by atomic mass is 10.0. The third-order valence-corrected chi connectivity index (χ3v) is 22.8. The highest BCUT2D eigenvalue weighted by molar-refractivity contribution is 9.10. The van der Waals surface area contributed by atoms with Gasteiger partial charge < -0.3 is 58.8 Å². The first-order valence-electron chi connectivity index (χ1n) is 38.3. The first-order valence-corrected chi connectivity index (χ1v) is 41.4. The lowest BCUT2D eigenvalue weighted by molar-refractivity contribution is 0.415. The van der Waals surface area contributed by atoms with Crippen LogP contribution < -0.4 is 18.9 Å². The van der Waals surface area contributed by atoms with Gasteiger partial charge in [-0.15, -0.1) is 0 Å². The Morgan fingerprint density at radius 3 is 0.958 bits per heavy atom. The molecule has 0 saturated carbocycles. The number of aromatic amines is 8. The van der Waals surface area contributed by atoms with Gasteiger partial charge in [0.05, 0.1) is 62.6 Å². The summed E-state index contributed by atoms with van der Waals surface area (Å²) in [5.41, 5.74) is 25.3. The second-order valence-corrected chi connectivity index (χ2v) is 31.8. The van der Waals surface area contributed by atoms with Crippen molar-refractivity contribution in [3.8, 4) is 159 Å². The number of rotatable bonds is 16. The van der Waals surface area contributed by atoms with Gasteiger partial charge >= 0.3 is 0 Å². The number of fused-ring (bicyclic) bond motifs is 4. The van der Waals surface area contributed by atoms with Crippen LogP contribution in [0.2, 0.25) is 20.1 Å². The number of benzene rings is 12. The van der Waals surface area contributed by atoms with Crippen molar-refractivity contribution in [2.45, 2.75) is 13.8 Å². The summed E-state index contributed by atoms with van der Waals surface area (Å²) in [6.45, 7) is 4.14. The van der Waals surface area contributed by atoms with Crippen LogP contribution in [0.1, 0.15) is 11.4 Å². The summed E-state index contributed by atoms with van der Waals surface area (Å²) in [6, 6.07) is 91.6. The first kappa shape index (κ1) is 79.4. The number of aromatic nitrogens is 12. The highest BCUT2D eigenvalue weighted by atomic mass is 79.9. The molecule has 8 heterocycles. The first-order chi connectivity index (χ1) is 58.6. The van der Waals surface area contributed by atoms with Gasteiger partial charge in [0.15, 0.2) is 0 Å². The molecule has 20 rings (SSSR count). The molecular formula is C98H74Br2Cl4N12O4. The molecule has 8 aromatic heterocycles. The Morgan fingerprint density at radius 1 is 0.267 bits per heavy atom. The molecular weight excluding hydrogens is 1710 g/mol. The maximum atomic E-state index is 6.10. The van der Waals surface area contributed by atoms with E-state index in [0.29, 0.717) is 20.1 Å². The van der Waals surface area contributed by atoms with E-state index in [9.17, 15) is 0 Å². The lowest BCUT2D eigenvalue weighted by Crippen LogP contribution is -1.92. The summed E-state index contributed by atoms with van der Waals surface area (Å²) in [4.78, 5) is 47.9. The number of methoxy groups -OCH3 is 4. The Hall–Kier alpha value is -13.0. The second kappa shape index (κ2) is 34.9. The van der Waals surface area contributed by atoms with Crippen LogP contribution in [0, 0.1) is 13.8 Å². The summed E-state index contributed by atoms with van der Waals surface area (Å²) in [5, 5.41) is 7.25. The number of ether oxygens (including phenoxy) is 4. The van der Waals surface area contributed by atoms with Gasteiger partial charge in [-0.3, -0.25) is 0 Å². The maximum Gasteiger partial charge on any atom is 0.140 e. The molecule has 0 atom stereocenters. The van der Waals surface area contributed by atoms with E-state index >= 15 is 0 Å². The van der Waals surface area contributed by atoms with Crippen molar-refractivity contribution < 1.29 is 18.9 Å². The SMILES string of the molecule is COc1ccccc1-c1nc(-c2c(C)[nH]c3ccccc23)[nH]c1-c1ccccc1OC.COc1ccccc1-c1nc(-c2c[nH]c3ccc(Br)cc23)[nH]c1-c1ccccc1OC.Cc1[nH]c2ccccc2c1-c1nc(-c2ccc(Cl)cc2)c(-c2ccc(Cl)cc2)[nH]1.Clc1ccc(-c2nc(-c3c[nH]c4ccc(Br)cc34)[nH]c2-c2ccc(Cl)cc2)cc1. The topological polar surface area (TPSA) is 215 Å². The quantitative estimate of drug-likeness (QED) is 0.0465. The van der Waals surface area contributed by atoms with Crippen LogP contribution >= 0.6 is 78.3 Å². The van der Waals surface area contributed by atoms with E-state index < -0.39 is 0 Å². The van der Waals surface area contributed by atoms with Crippen LogP contribution in [0.4, 0.5) is 0 Å². The Balaban J connectivity index is 0.000000114. The van der Waals surface area contributed by atoms with E-state index in [-0.39, 0.29) is 0 Å². The summed E-state index contributed by atoms with van der Waals surface area (Å²) >= 11 is 31.5. The fourth-order valence-electron chi connectivity index (χ4n) is 15.2. The predicted octanol–water partition coefficient (Wildman–Crippen LogP) is 28.4. The van der Waals surface area contributed by atoms with Crippen molar-refractivity contribution in [2.24, 2.45) is 0 Å². The summed E-state index contributed by atoms with van der Waals surface area (Å²) < 4.78 is 24.6. The van der Waals surface area contributed by atoms with E-state index in [1.807, 2.05) is 255 Å². The van der Waals surface area contributed by atoms with E-state index in [0.717, 1.165) is 223 Å². The van der Waals surface area contributed by atoms with Crippen molar-refractivity contribution in [2.75, 3.05) is 28.4 Å². The van der Waals surface area contributed by atoms with Gasteiger partial charge in [0, 0.05) is 163 Å². The molecule has 0 fully saturated rings. The van der Waals surface area contributed by atoms with Gasteiger partial charge in [-0.1, -0.05) is 212 Å². The van der Waals surface area contributed by atoms with Crippen LogP contribution in [-0.4, -0.2) is 88.2 Å². The number of aryl methyl sites for hydroxylation is 2. The molecule has 16 nitrogen and oxygen atoms in total. The number of para-hydroxylation sites is 6. The molecule has 0 aliphatic heterocycles. The Morgan fingerprint density at radius 2 is 0.567 bits per heavy atom. The molecule has 8 N–H and O–H groups in total. The lowest BCUT2D eigenvalue weighted by Gasteiger charge is -2.10. The van der Waals surface area contributed by atoms with Gasteiger partial charge in [-0.2, -0.15) is 0 Å². The third-order valence-electron chi connectivity index (χ3n) is 20.9. The maximum absolute atomic E-state index is 6.10. The van der Waals surface area contributed by atoms with Gasteiger partial charge in [0.2, 0.25) is 0 Å². The number of H-pyrrole nitrogens is 8. The average Bonchev–Trinajstić information content (AvgIpc) is 1.65. The van der Waals surface area contributed by atoms with E-state index in [1.54, 1.807) is 28.4 Å². The molecule has 20 aromatic rings. The Labute approximate surface area is 727 Å². The predicted molar refractivity (Wildman–Crippen MR) is 498 cm³/mol. The highest BCUT2D eigenvalue weighted by Crippen LogP contribution is 2.46. The molecule has 0 saturated heterocycles. The molecule has 0 bridgehead atoms. The van der Waals surface area contributed by atoms with Crippen molar-refractivity contribution in [1.29, 1.82) is 0 Å². The zero-order valence-electron chi connectivity index (χ0n) is 65.4. The largest absolute Gasteiger partial charge is 0.496 e. The molecule has 0 unspecified atom stereocenters. The van der Waals surface area contributed by atoms with Crippen molar-refractivity contribution in [1.82, 2.24) is 59.8 Å². The van der Waals surface area contributed by atoms with E-state index in [2.05, 4.69) is 122 Å². The Kier molecular flexibility index (Phi) is 23.1. The van der Waals surface area contributed by atoms with Gasteiger partial charge in [0.1, 0.15) is 57.7 Å². The average molecular weight is 1790 g/mol. The molecule has 12 aromatic carbocycles. The van der Waals surface area contributed by atoms with Crippen molar-refractivity contribution in [3.63, 3.8) is 0 Å². The number of hydrogen-bond acceptors (Lipinski definition) is 8. The van der Waals surface area contributed by atoms with Gasteiger partial charge in [0.25, 0.3) is 0 Å². The minimum absolute atomic E-state index is 0.694. The normalized spacial score (nSPS) is 11.2. The van der Waals surface area contributed by atoms with Gasteiger partial charge in [-0.25, -0.2) is 19.9 Å². The molecule has 0 radical (unpaired) electrons. The number of nitrogens with zero attached hydrogens (tertiary/aromatic N) is 4. The monoisotopic (exact) mass is 1780 g/mol. The van der Waals surface area contributed by atoms with E-state index in [4.69, 9.17) is 85.3 Å². The number of nitrogens with one attached hydrogen (secondary N) is 8. The Bertz CT molecular complexity index is 6840. The van der Waals surface area contributed by atoms with Crippen molar-refractivity contribution >= 4 is 122 Å². The molecule has 0 aliphatic carbocycles. The van der Waals surface area contributed by atoms with Crippen LogP contribution in [0.5, 0.6) is 23.0 Å². The molecule has 592 valence electrons. The minimum Gasteiger partial charge on any atom is -0.496 e. The molecule has 22 heteroatoms. The smallest absolute Gasteiger partial charge is 0.140 e. The fourth-order valence-corrected chi connectivity index (χ4v) is 16.4. The number of hydrogen-bond donors (Lipinski definition) is 8. The van der Waals surface area contributed by atoms with Crippen molar-refractivity contribution in [3.05, 3.63) is 332 Å². The standard InChI is InChI=1S/C26H23N3O2.C25H20BrN3O2.C24H17Cl2N3.C23H14BrCl2N3/c1-16-23(17-10-4-7-13-20(17)27-16)26-28-24(18-11-5-8-14-21(18)30-2)25(29-26)19-12-6-9-15-22(19)31-3;1-30-21-9-5-3-7-16(21)23-24(17-8-4-6-10-22(17)31-2)29-25(28-23)19-14-27-20-12-11-15(26)13-18(19)20;1-14-21(19-4-2-3-5-20(19)27-14)24-28-22(15-6-10-17(25)11-7-15)23(29-24)16-8-12-18(26)13-9-16;24-15-5-10-20-18(11-15)19(12-27-20)23-28-21(13-1-6-16(25)7-2-13)22(29-23)14-3-8-17(26)9-4-14/h4-15,27H,1-3H3,(H,28,29);3-14,27H,1-2H3,(H,28,29);2-13,27H,1H3,(H,28,29);1-12,27H,(H,28,29). The molecule has 0 amide bonds. The highest BCUT2D eigenvalue weighted by Gasteiger charge is 2.27. The summed E-state index contributed by atoms with van der Waals surface area (Å²) in [7, 11) is 6.71. The fraction of sp³-hybridized carbons (Fsp3) is 0.0612. The van der Waals surface area contributed by atoms with E-state index in [1.165, 1.54) is 0 Å². The number of imidazole rings is 4. The zero-order valence-corrected chi connectivity index (χ0v) is 71.6. The zero-order chi connectivity index (χ0) is 82.7. The summed E-state index contributed by atoms with van der Waals surface area (Å²) in [5.74, 6) is 6.28. The third kappa shape index (κ3) is 16.2. The minimum atomic E-state index is 0.694. The van der Waals surface area contributed by atoms with Crippen LogP contribution in [0.3, 0.4) is 0 Å². The van der Waals surface area contributed by atoms with Crippen LogP contribution in [0.15, 0.2) is 300 Å². The second-order valence-electron chi connectivity index (χ2n) is 28.2. The molecule has 0 spiro atoms. The van der Waals surface area contributed by atoms with Crippen LogP contribution in [0.25, 0.3) is 179 Å².